The fourth-order valence-electron chi connectivity index (χ4n) is 5.85. The number of carbonyl (C=O) groups is 2. The third-order valence-electron chi connectivity index (χ3n) is 6.58. The number of allylic oxidation sites excluding steroid dienone is 1. The van der Waals surface area contributed by atoms with Crippen molar-refractivity contribution in [2.75, 3.05) is 0 Å². The molecule has 0 heterocycles. The van der Waals surface area contributed by atoms with Crippen molar-refractivity contribution in [2.45, 2.75) is 50.5 Å². The Morgan fingerprint density at radius 3 is 2.27 bits per heavy atom. The second-order valence-electron chi connectivity index (χ2n) is 9.07. The van der Waals surface area contributed by atoms with Gasteiger partial charge in [0.05, 0.1) is 6.42 Å². The second-order valence-corrected chi connectivity index (χ2v) is 9.51. The van der Waals surface area contributed by atoms with Gasteiger partial charge in [-0.3, -0.25) is 15.0 Å². The van der Waals surface area contributed by atoms with Crippen LogP contribution in [0, 0.1) is 17.8 Å². The summed E-state index contributed by atoms with van der Waals surface area (Å²) in [5.41, 5.74) is 8.83. The van der Waals surface area contributed by atoms with Crippen LogP contribution < -0.4 is 16.5 Å². The Morgan fingerprint density at radius 2 is 1.70 bits per heavy atom. The molecule has 6 nitrogen and oxygen atoms in total. The van der Waals surface area contributed by atoms with Crippen LogP contribution in [0.3, 0.4) is 0 Å². The van der Waals surface area contributed by atoms with E-state index in [-0.39, 0.29) is 34.5 Å². The number of hydrogen-bond acceptors (Lipinski definition) is 4. The monoisotopic (exact) mass is 424 g/mol. The summed E-state index contributed by atoms with van der Waals surface area (Å²) < 4.78 is 0. The van der Waals surface area contributed by atoms with Crippen LogP contribution in [-0.4, -0.2) is 28.1 Å². The molecule has 4 N–H and O–H groups in total. The Morgan fingerprint density at radius 1 is 1.10 bits per heavy atom. The maximum absolute atomic E-state index is 13.1. The van der Waals surface area contributed by atoms with Crippen molar-refractivity contribution < 1.29 is 9.59 Å². The van der Waals surface area contributed by atoms with Gasteiger partial charge in [0.25, 0.3) is 5.91 Å². The molecule has 1 aromatic rings. The Hall–Kier alpha value is -2.54. The van der Waals surface area contributed by atoms with Gasteiger partial charge in [-0.15, -0.1) is 0 Å². The number of hydrogen-bond donors (Lipinski definition) is 3. The molecule has 4 aliphatic rings. The van der Waals surface area contributed by atoms with Crippen LogP contribution in [0.2, 0.25) is 0 Å². The first-order valence-electron chi connectivity index (χ1n) is 10.6. The van der Waals surface area contributed by atoms with Gasteiger partial charge in [-0.1, -0.05) is 36.4 Å². The molecule has 30 heavy (non-hydrogen) atoms. The van der Waals surface area contributed by atoms with Crippen molar-refractivity contribution >= 4 is 40.8 Å². The molecule has 0 aromatic heterocycles. The number of thiocarbonyl (C=S) groups is 1. The van der Waals surface area contributed by atoms with Crippen LogP contribution in [0.25, 0.3) is 6.08 Å². The van der Waals surface area contributed by atoms with Crippen LogP contribution in [0.4, 0.5) is 0 Å². The van der Waals surface area contributed by atoms with E-state index in [4.69, 9.17) is 18.0 Å². The molecular formula is C23H28N4O2S. The van der Waals surface area contributed by atoms with Crippen LogP contribution in [-0.2, 0) is 9.59 Å². The molecule has 0 unspecified atom stereocenters. The van der Waals surface area contributed by atoms with Crippen molar-refractivity contribution in [3.63, 3.8) is 0 Å². The number of amides is 1. The molecule has 0 atom stereocenters. The Balaban J connectivity index is 1.44. The molecule has 0 radical (unpaired) electrons. The maximum atomic E-state index is 13.1. The Bertz CT molecular complexity index is 858. The van der Waals surface area contributed by atoms with E-state index in [1.165, 1.54) is 25.3 Å². The molecule has 4 aliphatic carbocycles. The quantitative estimate of drug-likeness (QED) is 0.271. The summed E-state index contributed by atoms with van der Waals surface area (Å²) in [4.78, 5) is 25.6. The van der Waals surface area contributed by atoms with Crippen LogP contribution in [0.1, 0.15) is 50.5 Å². The standard InChI is InChI=1S/C23H28N4O2S/c24-22(30)27-26-20(11-19(28)7-6-15-4-2-1-3-5-15)21(29)25-23-12-16-8-17(13-23)10-18(9-16)14-23/h1-7,16-18H,8-14H2,(H,25,29)(H3,24,27,30)/b7-6+,26-20+. The number of nitrogens with zero attached hydrogens (tertiary/aromatic N) is 1. The highest BCUT2D eigenvalue weighted by atomic mass is 32.1. The van der Waals surface area contributed by atoms with Gasteiger partial charge in [0.1, 0.15) is 5.71 Å². The highest BCUT2D eigenvalue weighted by Gasteiger charge is 2.51. The number of carbonyl (C=O) groups excluding carboxylic acids is 2. The number of hydrazone groups is 1. The van der Waals surface area contributed by atoms with Gasteiger partial charge >= 0.3 is 0 Å². The second kappa shape index (κ2) is 8.68. The molecule has 158 valence electrons. The molecule has 1 aromatic carbocycles. The van der Waals surface area contributed by atoms with Crippen molar-refractivity contribution in [1.29, 1.82) is 0 Å². The van der Waals surface area contributed by atoms with E-state index in [1.807, 2.05) is 30.3 Å². The highest BCUT2D eigenvalue weighted by molar-refractivity contribution is 7.80. The molecule has 4 saturated carbocycles. The van der Waals surface area contributed by atoms with Gasteiger partial charge in [-0.25, -0.2) is 0 Å². The summed E-state index contributed by atoms with van der Waals surface area (Å²) in [6, 6.07) is 9.55. The Labute approximate surface area is 182 Å². The number of ketones is 1. The molecule has 5 rings (SSSR count). The molecule has 1 amide bonds. The number of rotatable bonds is 7. The first kappa shape index (κ1) is 20.7. The first-order chi connectivity index (χ1) is 14.4. The normalized spacial score (nSPS) is 29.7. The average molecular weight is 425 g/mol. The predicted octanol–water partition coefficient (Wildman–Crippen LogP) is 2.93. The molecular weight excluding hydrogens is 396 g/mol. The first-order valence-corrected chi connectivity index (χ1v) is 11.0. The summed E-state index contributed by atoms with van der Waals surface area (Å²) >= 11 is 4.81. The molecule has 4 bridgehead atoms. The highest BCUT2D eigenvalue weighted by Crippen LogP contribution is 2.55. The van der Waals surface area contributed by atoms with Crippen molar-refractivity contribution in [1.82, 2.24) is 10.7 Å². The third kappa shape index (κ3) is 4.95. The topological polar surface area (TPSA) is 96.6 Å². The van der Waals surface area contributed by atoms with Crippen LogP contribution in [0.15, 0.2) is 41.5 Å². The van der Waals surface area contributed by atoms with E-state index >= 15 is 0 Å². The SMILES string of the molecule is NC(=S)N/N=C(\CC(=O)/C=C/c1ccccc1)C(=O)NC12CC3CC(CC(C3)C1)C2. The van der Waals surface area contributed by atoms with E-state index in [9.17, 15) is 9.59 Å². The summed E-state index contributed by atoms with van der Waals surface area (Å²) in [6.45, 7) is 0. The summed E-state index contributed by atoms with van der Waals surface area (Å²) in [5, 5.41) is 7.27. The number of nitrogens with two attached hydrogens (primary N) is 1. The Kier molecular flexibility index (Phi) is 5.99. The minimum Gasteiger partial charge on any atom is -0.375 e. The minimum absolute atomic E-state index is 0.0395. The molecule has 7 heteroatoms. The van der Waals surface area contributed by atoms with E-state index < -0.39 is 0 Å². The summed E-state index contributed by atoms with van der Waals surface area (Å²) in [5.74, 6) is 1.62. The lowest BCUT2D eigenvalue weighted by atomic mass is 9.53. The average Bonchev–Trinajstić information content (AvgIpc) is 2.68. The van der Waals surface area contributed by atoms with Gasteiger partial charge in [-0.05, 0) is 80.1 Å². The largest absolute Gasteiger partial charge is 0.375 e. The molecule has 0 spiro atoms. The molecule has 0 saturated heterocycles. The smallest absolute Gasteiger partial charge is 0.268 e. The van der Waals surface area contributed by atoms with Gasteiger partial charge in [-0.2, -0.15) is 5.10 Å². The lowest BCUT2D eigenvalue weighted by Gasteiger charge is -2.56. The van der Waals surface area contributed by atoms with E-state index in [1.54, 1.807) is 6.08 Å². The van der Waals surface area contributed by atoms with E-state index in [0.717, 1.165) is 24.8 Å². The fraction of sp³-hybridized carbons (Fsp3) is 0.478. The number of benzene rings is 1. The zero-order valence-corrected chi connectivity index (χ0v) is 17.8. The predicted molar refractivity (Wildman–Crippen MR) is 122 cm³/mol. The van der Waals surface area contributed by atoms with Crippen molar-refractivity contribution in [3.05, 3.63) is 42.0 Å². The zero-order chi connectivity index (χ0) is 21.1. The van der Waals surface area contributed by atoms with Crippen molar-refractivity contribution in [3.8, 4) is 0 Å². The van der Waals surface area contributed by atoms with Gasteiger partial charge < -0.3 is 11.1 Å². The van der Waals surface area contributed by atoms with Crippen LogP contribution in [0.5, 0.6) is 0 Å². The van der Waals surface area contributed by atoms with Gasteiger partial charge in [0, 0.05) is 5.54 Å². The zero-order valence-electron chi connectivity index (χ0n) is 17.0. The van der Waals surface area contributed by atoms with Gasteiger partial charge in [0.2, 0.25) is 0 Å². The fourth-order valence-corrected chi connectivity index (χ4v) is 5.89. The number of nitrogens with one attached hydrogen (secondary N) is 2. The maximum Gasteiger partial charge on any atom is 0.268 e. The minimum atomic E-state index is -0.304. The molecule has 4 fully saturated rings. The van der Waals surface area contributed by atoms with Gasteiger partial charge in [0.15, 0.2) is 10.9 Å². The lowest BCUT2D eigenvalue weighted by molar-refractivity contribution is -0.121. The van der Waals surface area contributed by atoms with Crippen LogP contribution >= 0.6 is 12.2 Å². The van der Waals surface area contributed by atoms with Crippen molar-refractivity contribution in [2.24, 2.45) is 28.6 Å². The van der Waals surface area contributed by atoms with E-state index in [2.05, 4.69) is 15.8 Å². The summed E-state index contributed by atoms with van der Waals surface area (Å²) in [7, 11) is 0. The van der Waals surface area contributed by atoms with E-state index in [0.29, 0.717) is 17.8 Å². The third-order valence-corrected chi connectivity index (χ3v) is 6.67. The lowest BCUT2D eigenvalue weighted by Crippen LogP contribution is -2.61. The summed E-state index contributed by atoms with van der Waals surface area (Å²) in [6.07, 6.45) is 10.1. The molecule has 0 aliphatic heterocycles.